The number of halogens is 3. The molecule has 0 bridgehead atoms. The van der Waals surface area contributed by atoms with Crippen LogP contribution in [-0.2, 0) is 14.8 Å². The molecule has 2 aromatic carbocycles. The van der Waals surface area contributed by atoms with Crippen LogP contribution in [0.1, 0.15) is 25.5 Å². The van der Waals surface area contributed by atoms with Crippen molar-refractivity contribution in [2.24, 2.45) is 5.92 Å². The predicted octanol–water partition coefficient (Wildman–Crippen LogP) is 3.86. The third kappa shape index (κ3) is 5.54. The molecule has 0 aliphatic carbocycles. The fourth-order valence-electron chi connectivity index (χ4n) is 2.40. The SMILES string of the molecule is CC(C)[C@H](NS(=O)(=O)c1ccc(NC(=O)C(F)(F)F)cc1)c1ccccc1. The molecular weight excluding hydrogens is 381 g/mol. The fraction of sp³-hybridized carbons (Fsp3) is 0.278. The van der Waals surface area contributed by atoms with Crippen molar-refractivity contribution in [2.45, 2.75) is 31.0 Å². The summed E-state index contributed by atoms with van der Waals surface area (Å²) in [6, 6.07) is 13.0. The monoisotopic (exact) mass is 400 g/mol. The minimum atomic E-state index is -5.02. The van der Waals surface area contributed by atoms with E-state index < -0.39 is 28.1 Å². The van der Waals surface area contributed by atoms with Crippen LogP contribution in [0.2, 0.25) is 0 Å². The Kier molecular flexibility index (Phi) is 6.27. The number of sulfonamides is 1. The molecule has 2 aromatic rings. The molecule has 5 nitrogen and oxygen atoms in total. The van der Waals surface area contributed by atoms with E-state index in [1.807, 2.05) is 32.0 Å². The summed E-state index contributed by atoms with van der Waals surface area (Å²) in [7, 11) is -3.91. The first kappa shape index (κ1) is 20.9. The molecule has 27 heavy (non-hydrogen) atoms. The van der Waals surface area contributed by atoms with Gasteiger partial charge in [-0.3, -0.25) is 4.79 Å². The maximum Gasteiger partial charge on any atom is 0.471 e. The van der Waals surface area contributed by atoms with Crippen LogP contribution in [0.4, 0.5) is 18.9 Å². The topological polar surface area (TPSA) is 75.3 Å². The molecule has 0 saturated heterocycles. The van der Waals surface area contributed by atoms with Gasteiger partial charge in [0.05, 0.1) is 4.90 Å². The zero-order valence-electron chi connectivity index (χ0n) is 14.6. The number of carbonyl (C=O) groups excluding carboxylic acids is 1. The van der Waals surface area contributed by atoms with E-state index in [2.05, 4.69) is 4.72 Å². The van der Waals surface area contributed by atoms with Gasteiger partial charge in [0.2, 0.25) is 10.0 Å². The second-order valence-electron chi connectivity index (χ2n) is 6.23. The van der Waals surface area contributed by atoms with Gasteiger partial charge in [-0.25, -0.2) is 13.1 Å². The van der Waals surface area contributed by atoms with Crippen molar-refractivity contribution >= 4 is 21.6 Å². The maximum absolute atomic E-state index is 12.6. The summed E-state index contributed by atoms with van der Waals surface area (Å²) >= 11 is 0. The summed E-state index contributed by atoms with van der Waals surface area (Å²) in [5.41, 5.74) is 0.643. The lowest BCUT2D eigenvalue weighted by molar-refractivity contribution is -0.167. The lowest BCUT2D eigenvalue weighted by Crippen LogP contribution is -2.32. The van der Waals surface area contributed by atoms with Crippen LogP contribution in [0.3, 0.4) is 0 Å². The van der Waals surface area contributed by atoms with Crippen LogP contribution in [0.25, 0.3) is 0 Å². The summed E-state index contributed by atoms with van der Waals surface area (Å²) in [5, 5.41) is 1.67. The first-order chi connectivity index (χ1) is 12.5. The van der Waals surface area contributed by atoms with Gasteiger partial charge in [0.15, 0.2) is 0 Å². The maximum atomic E-state index is 12.6. The highest BCUT2D eigenvalue weighted by Crippen LogP contribution is 2.25. The molecule has 0 fully saturated rings. The molecule has 1 amide bonds. The number of hydrogen-bond acceptors (Lipinski definition) is 3. The fourth-order valence-corrected chi connectivity index (χ4v) is 3.78. The van der Waals surface area contributed by atoms with Gasteiger partial charge < -0.3 is 5.32 Å². The van der Waals surface area contributed by atoms with Crippen LogP contribution >= 0.6 is 0 Å². The molecule has 0 heterocycles. The highest BCUT2D eigenvalue weighted by molar-refractivity contribution is 7.89. The molecule has 2 N–H and O–H groups in total. The minimum Gasteiger partial charge on any atom is -0.318 e. The Morgan fingerprint density at radius 2 is 1.52 bits per heavy atom. The van der Waals surface area contributed by atoms with Gasteiger partial charge in [-0.15, -0.1) is 0 Å². The Hall–Kier alpha value is -2.39. The zero-order chi connectivity index (χ0) is 20.2. The smallest absolute Gasteiger partial charge is 0.318 e. The predicted molar refractivity (Wildman–Crippen MR) is 95.5 cm³/mol. The summed E-state index contributed by atoms with van der Waals surface area (Å²) < 4.78 is 64.7. The van der Waals surface area contributed by atoms with E-state index in [4.69, 9.17) is 0 Å². The number of rotatable bonds is 6. The number of carbonyl (C=O) groups is 1. The van der Waals surface area contributed by atoms with Crippen molar-refractivity contribution in [1.29, 1.82) is 0 Å². The summed E-state index contributed by atoms with van der Waals surface area (Å²) in [4.78, 5) is 10.8. The van der Waals surface area contributed by atoms with Crippen molar-refractivity contribution < 1.29 is 26.4 Å². The second kappa shape index (κ2) is 8.10. The molecule has 0 spiro atoms. The van der Waals surface area contributed by atoms with Gasteiger partial charge in [-0.2, -0.15) is 13.2 Å². The Balaban J connectivity index is 2.19. The zero-order valence-corrected chi connectivity index (χ0v) is 15.4. The standard InChI is InChI=1S/C18H19F3N2O3S/c1-12(2)16(13-6-4-3-5-7-13)23-27(25,26)15-10-8-14(9-11-15)22-17(24)18(19,20)21/h3-12,16,23H,1-2H3,(H,22,24)/t16-/m0/s1. The van der Waals surface area contributed by atoms with Crippen LogP contribution < -0.4 is 10.0 Å². The van der Waals surface area contributed by atoms with Gasteiger partial charge >= 0.3 is 12.1 Å². The van der Waals surface area contributed by atoms with E-state index in [0.717, 1.165) is 29.8 Å². The highest BCUT2D eigenvalue weighted by atomic mass is 32.2. The molecule has 0 aromatic heterocycles. The quantitative estimate of drug-likeness (QED) is 0.773. The molecule has 9 heteroatoms. The minimum absolute atomic E-state index is 0.0347. The van der Waals surface area contributed by atoms with Gasteiger partial charge in [-0.1, -0.05) is 44.2 Å². The van der Waals surface area contributed by atoms with Crippen molar-refractivity contribution in [1.82, 2.24) is 4.72 Å². The number of nitrogens with one attached hydrogen (secondary N) is 2. The van der Waals surface area contributed by atoms with Gasteiger partial charge in [0.1, 0.15) is 0 Å². The third-order valence-electron chi connectivity index (χ3n) is 3.79. The van der Waals surface area contributed by atoms with Crippen molar-refractivity contribution in [2.75, 3.05) is 5.32 Å². The summed E-state index contributed by atoms with van der Waals surface area (Å²) in [6.07, 6.45) is -5.02. The lowest BCUT2D eigenvalue weighted by Gasteiger charge is -2.23. The third-order valence-corrected chi connectivity index (χ3v) is 5.24. The van der Waals surface area contributed by atoms with E-state index in [0.29, 0.717) is 0 Å². The molecule has 0 radical (unpaired) electrons. The van der Waals surface area contributed by atoms with Crippen molar-refractivity contribution in [3.8, 4) is 0 Å². The lowest BCUT2D eigenvalue weighted by atomic mass is 9.97. The molecule has 0 unspecified atom stereocenters. The average Bonchev–Trinajstić information content (AvgIpc) is 2.60. The molecule has 2 rings (SSSR count). The number of amides is 1. The molecule has 1 atom stereocenters. The van der Waals surface area contributed by atoms with Crippen LogP contribution in [-0.4, -0.2) is 20.5 Å². The number of anilines is 1. The largest absolute Gasteiger partial charge is 0.471 e. The van der Waals surface area contributed by atoms with Gasteiger partial charge in [-0.05, 0) is 35.7 Å². The second-order valence-corrected chi connectivity index (χ2v) is 7.94. The van der Waals surface area contributed by atoms with Gasteiger partial charge in [0.25, 0.3) is 0 Å². The van der Waals surface area contributed by atoms with Crippen LogP contribution in [0, 0.1) is 5.92 Å². The summed E-state index contributed by atoms with van der Waals surface area (Å²) in [6.45, 7) is 3.74. The Morgan fingerprint density at radius 3 is 2.00 bits per heavy atom. The first-order valence-corrected chi connectivity index (χ1v) is 9.54. The number of hydrogen-bond donors (Lipinski definition) is 2. The van der Waals surface area contributed by atoms with E-state index in [1.54, 1.807) is 17.4 Å². The molecule has 146 valence electrons. The summed E-state index contributed by atoms with van der Waals surface area (Å²) in [5.74, 6) is -2.16. The number of alkyl halides is 3. The first-order valence-electron chi connectivity index (χ1n) is 8.06. The van der Waals surface area contributed by atoms with E-state index in [1.165, 1.54) is 0 Å². The normalized spacial score (nSPS) is 13.4. The van der Waals surface area contributed by atoms with Crippen LogP contribution in [0.5, 0.6) is 0 Å². The van der Waals surface area contributed by atoms with E-state index in [9.17, 15) is 26.4 Å². The molecule has 0 saturated carbocycles. The van der Waals surface area contributed by atoms with Crippen molar-refractivity contribution in [3.05, 3.63) is 60.2 Å². The van der Waals surface area contributed by atoms with Crippen molar-refractivity contribution in [3.63, 3.8) is 0 Å². The Morgan fingerprint density at radius 1 is 0.963 bits per heavy atom. The Bertz CT molecular complexity index is 880. The van der Waals surface area contributed by atoms with Gasteiger partial charge in [0, 0.05) is 11.7 Å². The van der Waals surface area contributed by atoms with E-state index in [-0.39, 0.29) is 16.5 Å². The Labute approximate surface area is 155 Å². The highest BCUT2D eigenvalue weighted by Gasteiger charge is 2.38. The number of benzene rings is 2. The molecule has 0 aliphatic heterocycles. The average molecular weight is 400 g/mol. The molecular formula is C18H19F3N2O3S. The van der Waals surface area contributed by atoms with Crippen LogP contribution in [0.15, 0.2) is 59.5 Å². The molecule has 0 aliphatic rings. The van der Waals surface area contributed by atoms with E-state index >= 15 is 0 Å².